The number of anilines is 1. The molecule has 0 fully saturated rings. The van der Waals surface area contributed by atoms with E-state index in [1.807, 2.05) is 6.92 Å². The van der Waals surface area contributed by atoms with Crippen LogP contribution in [0.3, 0.4) is 0 Å². The largest absolute Gasteiger partial charge is 0.362 e. The Labute approximate surface area is 152 Å². The molecule has 0 saturated heterocycles. The van der Waals surface area contributed by atoms with E-state index in [2.05, 4.69) is 5.32 Å². The van der Waals surface area contributed by atoms with Crippen molar-refractivity contribution in [3.8, 4) is 0 Å². The van der Waals surface area contributed by atoms with Crippen LogP contribution in [0, 0.1) is 5.82 Å². The first kappa shape index (κ1) is 19.9. The molecule has 0 aliphatic rings. The molecule has 8 heteroatoms. The summed E-state index contributed by atoms with van der Waals surface area (Å²) in [6.45, 7) is 3.01. The zero-order chi connectivity index (χ0) is 19.2. The van der Waals surface area contributed by atoms with E-state index in [1.54, 1.807) is 29.2 Å². The topological polar surface area (TPSA) is 92.5 Å². The number of carbonyl (C=O) groups is 1. The van der Waals surface area contributed by atoms with Crippen LogP contribution in [0.15, 0.2) is 53.4 Å². The van der Waals surface area contributed by atoms with E-state index in [9.17, 15) is 17.6 Å². The van der Waals surface area contributed by atoms with Gasteiger partial charge in [0.15, 0.2) is 0 Å². The molecule has 0 aliphatic carbocycles. The van der Waals surface area contributed by atoms with Crippen LogP contribution in [0.4, 0.5) is 10.1 Å². The molecule has 0 bridgehead atoms. The van der Waals surface area contributed by atoms with E-state index in [1.165, 1.54) is 24.3 Å². The number of nitrogens with zero attached hydrogens (tertiary/aromatic N) is 1. The summed E-state index contributed by atoms with van der Waals surface area (Å²) >= 11 is 0. The standard InChI is InChI=1S/C18H22FN3O3S/c1-2-22(16-5-3-4-15(19)12-16)13-18(23)21-11-10-14-6-8-17(9-7-14)26(20,24)25/h3-9,12H,2,10-11,13H2,1H3,(H,21,23)(H2,20,24,25). The minimum atomic E-state index is -3.70. The number of amides is 1. The first-order valence-corrected chi connectivity index (χ1v) is 9.73. The van der Waals surface area contributed by atoms with Gasteiger partial charge < -0.3 is 10.2 Å². The van der Waals surface area contributed by atoms with Crippen molar-refractivity contribution in [2.75, 3.05) is 24.5 Å². The molecule has 2 aromatic carbocycles. The SMILES string of the molecule is CCN(CC(=O)NCCc1ccc(S(N)(=O)=O)cc1)c1cccc(F)c1. The van der Waals surface area contributed by atoms with Gasteiger partial charge in [-0.1, -0.05) is 18.2 Å². The minimum Gasteiger partial charge on any atom is -0.362 e. The van der Waals surface area contributed by atoms with Crippen LogP contribution in [-0.2, 0) is 21.2 Å². The number of likely N-dealkylation sites (N-methyl/N-ethyl adjacent to an activating group) is 1. The molecule has 0 radical (unpaired) electrons. The molecule has 0 unspecified atom stereocenters. The fourth-order valence-electron chi connectivity index (χ4n) is 2.48. The molecule has 0 aromatic heterocycles. The Bertz CT molecular complexity index is 854. The Balaban J connectivity index is 1.84. The first-order chi connectivity index (χ1) is 12.3. The lowest BCUT2D eigenvalue weighted by molar-refractivity contribution is -0.119. The summed E-state index contributed by atoms with van der Waals surface area (Å²) in [6.07, 6.45) is 0.558. The number of carbonyl (C=O) groups excluding carboxylic acids is 1. The Hall–Kier alpha value is -2.45. The Kier molecular flexibility index (Phi) is 6.70. The lowest BCUT2D eigenvalue weighted by atomic mass is 10.1. The maximum atomic E-state index is 13.3. The highest BCUT2D eigenvalue weighted by molar-refractivity contribution is 7.89. The van der Waals surface area contributed by atoms with Gasteiger partial charge in [-0.2, -0.15) is 0 Å². The van der Waals surface area contributed by atoms with Gasteiger partial charge in [-0.15, -0.1) is 0 Å². The highest BCUT2D eigenvalue weighted by Crippen LogP contribution is 2.15. The van der Waals surface area contributed by atoms with Crippen molar-refractivity contribution in [3.05, 3.63) is 59.9 Å². The molecule has 26 heavy (non-hydrogen) atoms. The number of hydrogen-bond acceptors (Lipinski definition) is 4. The van der Waals surface area contributed by atoms with Gasteiger partial charge in [0.2, 0.25) is 15.9 Å². The van der Waals surface area contributed by atoms with E-state index < -0.39 is 10.0 Å². The van der Waals surface area contributed by atoms with Crippen LogP contribution in [0.1, 0.15) is 12.5 Å². The fourth-order valence-corrected chi connectivity index (χ4v) is 3.00. The average molecular weight is 379 g/mol. The van der Waals surface area contributed by atoms with Gasteiger partial charge in [0.05, 0.1) is 11.4 Å². The van der Waals surface area contributed by atoms with Gasteiger partial charge in [-0.3, -0.25) is 4.79 Å². The van der Waals surface area contributed by atoms with Crippen molar-refractivity contribution >= 4 is 21.6 Å². The van der Waals surface area contributed by atoms with Gasteiger partial charge in [0, 0.05) is 18.8 Å². The summed E-state index contributed by atoms with van der Waals surface area (Å²) < 4.78 is 35.7. The lowest BCUT2D eigenvalue weighted by Crippen LogP contribution is -2.38. The number of rotatable bonds is 8. The van der Waals surface area contributed by atoms with Gasteiger partial charge in [-0.25, -0.2) is 17.9 Å². The van der Waals surface area contributed by atoms with Crippen molar-refractivity contribution in [1.29, 1.82) is 0 Å². The second-order valence-electron chi connectivity index (χ2n) is 5.78. The molecule has 0 aliphatic heterocycles. The number of sulfonamides is 1. The third kappa shape index (κ3) is 5.82. The van der Waals surface area contributed by atoms with E-state index in [4.69, 9.17) is 5.14 Å². The van der Waals surface area contributed by atoms with Gasteiger partial charge in [0.25, 0.3) is 0 Å². The van der Waals surface area contributed by atoms with E-state index in [0.717, 1.165) is 5.56 Å². The zero-order valence-corrected chi connectivity index (χ0v) is 15.3. The number of halogens is 1. The molecule has 2 rings (SSSR count). The molecule has 3 N–H and O–H groups in total. The van der Waals surface area contributed by atoms with Gasteiger partial charge >= 0.3 is 0 Å². The summed E-state index contributed by atoms with van der Waals surface area (Å²) in [5, 5.41) is 7.86. The molecule has 140 valence electrons. The quantitative estimate of drug-likeness (QED) is 0.730. The number of primary sulfonamides is 1. The molecule has 0 saturated carbocycles. The van der Waals surface area contributed by atoms with Crippen LogP contribution in [0.5, 0.6) is 0 Å². The van der Waals surface area contributed by atoms with Gasteiger partial charge in [-0.05, 0) is 49.2 Å². The lowest BCUT2D eigenvalue weighted by Gasteiger charge is -2.22. The van der Waals surface area contributed by atoms with Gasteiger partial charge in [0.1, 0.15) is 5.82 Å². The second kappa shape index (κ2) is 8.77. The summed E-state index contributed by atoms with van der Waals surface area (Å²) in [7, 11) is -3.70. The third-order valence-corrected chi connectivity index (χ3v) is 4.81. The number of nitrogens with one attached hydrogen (secondary N) is 1. The minimum absolute atomic E-state index is 0.0546. The van der Waals surface area contributed by atoms with E-state index in [-0.39, 0.29) is 23.2 Å². The Morgan fingerprint density at radius 3 is 2.46 bits per heavy atom. The smallest absolute Gasteiger partial charge is 0.239 e. The number of nitrogens with two attached hydrogens (primary N) is 1. The first-order valence-electron chi connectivity index (χ1n) is 8.18. The van der Waals surface area contributed by atoms with Crippen molar-refractivity contribution in [3.63, 3.8) is 0 Å². The molecule has 0 heterocycles. The zero-order valence-electron chi connectivity index (χ0n) is 14.5. The molecule has 0 spiro atoms. The van der Waals surface area contributed by atoms with Crippen LogP contribution < -0.4 is 15.4 Å². The van der Waals surface area contributed by atoms with Crippen molar-refractivity contribution in [2.45, 2.75) is 18.2 Å². The Morgan fingerprint density at radius 2 is 1.88 bits per heavy atom. The normalized spacial score (nSPS) is 11.2. The predicted molar refractivity (Wildman–Crippen MR) is 98.8 cm³/mol. The van der Waals surface area contributed by atoms with E-state index >= 15 is 0 Å². The number of benzene rings is 2. The molecule has 2 aromatic rings. The molecule has 0 atom stereocenters. The second-order valence-corrected chi connectivity index (χ2v) is 7.34. The van der Waals surface area contributed by atoms with Crippen molar-refractivity contribution in [2.24, 2.45) is 5.14 Å². The van der Waals surface area contributed by atoms with E-state index in [0.29, 0.717) is 25.2 Å². The highest BCUT2D eigenvalue weighted by Gasteiger charge is 2.11. The fraction of sp³-hybridized carbons (Fsp3) is 0.278. The van der Waals surface area contributed by atoms with Crippen LogP contribution in [0.2, 0.25) is 0 Å². The average Bonchev–Trinajstić information content (AvgIpc) is 2.59. The maximum Gasteiger partial charge on any atom is 0.239 e. The third-order valence-electron chi connectivity index (χ3n) is 3.88. The highest BCUT2D eigenvalue weighted by atomic mass is 32.2. The molecular weight excluding hydrogens is 357 g/mol. The summed E-state index contributed by atoms with van der Waals surface area (Å²) in [5.74, 6) is -0.512. The number of hydrogen-bond donors (Lipinski definition) is 2. The van der Waals surface area contributed by atoms with Crippen LogP contribution >= 0.6 is 0 Å². The predicted octanol–water partition coefficient (Wildman–Crippen LogP) is 1.66. The van der Waals surface area contributed by atoms with Crippen molar-refractivity contribution < 1.29 is 17.6 Å². The molecule has 6 nitrogen and oxygen atoms in total. The maximum absolute atomic E-state index is 13.3. The van der Waals surface area contributed by atoms with Crippen molar-refractivity contribution in [1.82, 2.24) is 5.32 Å². The molecular formula is C18H22FN3O3S. The Morgan fingerprint density at radius 1 is 1.19 bits per heavy atom. The van der Waals surface area contributed by atoms with Crippen LogP contribution in [0.25, 0.3) is 0 Å². The van der Waals surface area contributed by atoms with Crippen LogP contribution in [-0.4, -0.2) is 34.0 Å². The molecule has 1 amide bonds. The summed E-state index contributed by atoms with van der Waals surface area (Å²) in [6, 6.07) is 12.3. The summed E-state index contributed by atoms with van der Waals surface area (Å²) in [5.41, 5.74) is 1.54. The summed E-state index contributed by atoms with van der Waals surface area (Å²) in [4.78, 5) is 13.9. The monoisotopic (exact) mass is 379 g/mol.